The molecule has 0 radical (unpaired) electrons. The molecule has 0 bridgehead atoms. The molecule has 0 saturated carbocycles. The normalized spacial score (nSPS) is 21.0. The van der Waals surface area contributed by atoms with E-state index in [-0.39, 0.29) is 5.91 Å². The molecule has 2 rings (SSSR count). The number of anilines is 1. The van der Waals surface area contributed by atoms with Gasteiger partial charge in [0.15, 0.2) is 0 Å². The van der Waals surface area contributed by atoms with Gasteiger partial charge < -0.3 is 5.32 Å². The van der Waals surface area contributed by atoms with Crippen LogP contribution in [0.4, 0.5) is 5.69 Å². The maximum atomic E-state index is 12.3. The molecule has 1 saturated heterocycles. The molecule has 1 N–H and O–H groups in total. The van der Waals surface area contributed by atoms with Crippen LogP contribution in [0.1, 0.15) is 57.9 Å². The van der Waals surface area contributed by atoms with Crippen molar-refractivity contribution in [1.82, 2.24) is 4.90 Å². The number of carbonyl (C=O) groups is 1. The number of hydrogen-bond acceptors (Lipinski definition) is 2. The summed E-state index contributed by atoms with van der Waals surface area (Å²) < 4.78 is 0. The fraction of sp³-hybridized carbons (Fsp3) is 0.611. The highest BCUT2D eigenvalue weighted by molar-refractivity contribution is 5.93. The summed E-state index contributed by atoms with van der Waals surface area (Å²) in [6, 6.07) is 8.69. The molecule has 0 aromatic heterocycles. The first-order valence-electron chi connectivity index (χ1n) is 8.24. The molecule has 116 valence electrons. The summed E-state index contributed by atoms with van der Waals surface area (Å²) in [6.45, 7) is 8.16. The summed E-state index contributed by atoms with van der Waals surface area (Å²) in [7, 11) is 0. The predicted molar refractivity (Wildman–Crippen MR) is 88.7 cm³/mol. The Hall–Kier alpha value is -1.35. The first-order valence-corrected chi connectivity index (χ1v) is 8.24. The second kappa shape index (κ2) is 7.60. The van der Waals surface area contributed by atoms with Crippen molar-refractivity contribution in [3.63, 3.8) is 0 Å². The van der Waals surface area contributed by atoms with Gasteiger partial charge in [-0.2, -0.15) is 0 Å². The molecule has 2 atom stereocenters. The van der Waals surface area contributed by atoms with Gasteiger partial charge in [0, 0.05) is 11.7 Å². The highest BCUT2D eigenvalue weighted by Crippen LogP contribution is 2.26. The van der Waals surface area contributed by atoms with Crippen molar-refractivity contribution in [2.24, 2.45) is 0 Å². The van der Waals surface area contributed by atoms with Crippen molar-refractivity contribution in [2.75, 3.05) is 18.4 Å². The summed E-state index contributed by atoms with van der Waals surface area (Å²) in [5.41, 5.74) is 2.21. The van der Waals surface area contributed by atoms with E-state index in [0.717, 1.165) is 18.7 Å². The van der Waals surface area contributed by atoms with E-state index in [9.17, 15) is 4.79 Å². The van der Waals surface area contributed by atoms with Crippen LogP contribution >= 0.6 is 0 Å². The molecular formula is C18H28N2O. The highest BCUT2D eigenvalue weighted by Gasteiger charge is 2.21. The average molecular weight is 288 g/mol. The number of nitrogens with zero attached hydrogens (tertiary/aromatic N) is 1. The number of nitrogens with one attached hydrogen (secondary N) is 1. The van der Waals surface area contributed by atoms with E-state index in [4.69, 9.17) is 0 Å². The highest BCUT2D eigenvalue weighted by atomic mass is 16.2. The van der Waals surface area contributed by atoms with Gasteiger partial charge in [0.05, 0.1) is 6.54 Å². The molecule has 1 fully saturated rings. The lowest BCUT2D eigenvalue weighted by molar-refractivity contribution is -0.118. The number of amides is 1. The quantitative estimate of drug-likeness (QED) is 0.887. The number of carbonyl (C=O) groups excluding carboxylic acids is 1. The van der Waals surface area contributed by atoms with Gasteiger partial charge >= 0.3 is 0 Å². The zero-order valence-electron chi connectivity index (χ0n) is 13.6. The molecule has 3 nitrogen and oxygen atoms in total. The predicted octanol–water partition coefficient (Wildman–Crippen LogP) is 4.01. The van der Waals surface area contributed by atoms with Crippen molar-refractivity contribution >= 4 is 11.6 Å². The van der Waals surface area contributed by atoms with Gasteiger partial charge in [0.2, 0.25) is 5.91 Å². The van der Waals surface area contributed by atoms with E-state index < -0.39 is 0 Å². The molecule has 1 aromatic rings. The van der Waals surface area contributed by atoms with E-state index in [0.29, 0.717) is 18.5 Å². The summed E-state index contributed by atoms with van der Waals surface area (Å²) >= 11 is 0. The summed E-state index contributed by atoms with van der Waals surface area (Å²) in [6.07, 6.45) is 4.78. The third-order valence-electron chi connectivity index (χ3n) is 4.67. The van der Waals surface area contributed by atoms with Crippen LogP contribution in [0, 0.1) is 0 Å². The average Bonchev–Trinajstić information content (AvgIpc) is 2.49. The van der Waals surface area contributed by atoms with Crippen molar-refractivity contribution in [1.29, 1.82) is 0 Å². The standard InChI is InChI=1S/C18H28N2O/c1-4-14(2)16-10-5-6-11-17(16)19-18(21)13-20-12-8-7-9-15(20)3/h5-6,10-11,14-15H,4,7-9,12-13H2,1-3H3,(H,19,21). The molecule has 3 heteroatoms. The number of piperidine rings is 1. The lowest BCUT2D eigenvalue weighted by atomic mass is 9.97. The van der Waals surface area contributed by atoms with Gasteiger partial charge in [-0.05, 0) is 50.3 Å². The number of likely N-dealkylation sites (tertiary alicyclic amines) is 1. The molecule has 1 aromatic carbocycles. The van der Waals surface area contributed by atoms with E-state index in [2.05, 4.69) is 37.1 Å². The molecule has 1 amide bonds. The summed E-state index contributed by atoms with van der Waals surface area (Å²) in [5.74, 6) is 0.579. The second-order valence-corrected chi connectivity index (χ2v) is 6.26. The number of para-hydroxylation sites is 1. The first kappa shape index (κ1) is 16.0. The number of rotatable bonds is 5. The Bertz CT molecular complexity index is 472. The van der Waals surface area contributed by atoms with Crippen LogP contribution in [0.3, 0.4) is 0 Å². The number of hydrogen-bond donors (Lipinski definition) is 1. The molecule has 1 aliphatic rings. The SMILES string of the molecule is CCC(C)c1ccccc1NC(=O)CN1CCCCC1C. The molecule has 21 heavy (non-hydrogen) atoms. The fourth-order valence-corrected chi connectivity index (χ4v) is 3.03. The van der Waals surface area contributed by atoms with Crippen LogP contribution in [-0.4, -0.2) is 29.9 Å². The number of benzene rings is 1. The molecular weight excluding hydrogens is 260 g/mol. The van der Waals surface area contributed by atoms with Gasteiger partial charge in [0.1, 0.15) is 0 Å². The molecule has 0 spiro atoms. The van der Waals surface area contributed by atoms with Crippen molar-refractivity contribution in [3.05, 3.63) is 29.8 Å². The monoisotopic (exact) mass is 288 g/mol. The van der Waals surface area contributed by atoms with Gasteiger partial charge in [-0.15, -0.1) is 0 Å². The van der Waals surface area contributed by atoms with Gasteiger partial charge in [-0.1, -0.05) is 38.5 Å². The smallest absolute Gasteiger partial charge is 0.238 e. The minimum atomic E-state index is 0.111. The van der Waals surface area contributed by atoms with E-state index in [1.807, 2.05) is 18.2 Å². The van der Waals surface area contributed by atoms with Crippen LogP contribution in [0.5, 0.6) is 0 Å². The topological polar surface area (TPSA) is 32.3 Å². The zero-order chi connectivity index (χ0) is 15.2. The van der Waals surface area contributed by atoms with Crippen LogP contribution in [-0.2, 0) is 4.79 Å². The third-order valence-corrected chi connectivity index (χ3v) is 4.67. The molecule has 2 unspecified atom stereocenters. The van der Waals surface area contributed by atoms with Gasteiger partial charge in [0.25, 0.3) is 0 Å². The van der Waals surface area contributed by atoms with Crippen LogP contribution < -0.4 is 5.32 Å². The van der Waals surface area contributed by atoms with Gasteiger partial charge in [-0.3, -0.25) is 9.69 Å². The molecule has 1 aliphatic heterocycles. The third kappa shape index (κ3) is 4.31. The Morgan fingerprint density at radius 1 is 1.38 bits per heavy atom. The molecule has 1 heterocycles. The van der Waals surface area contributed by atoms with Crippen LogP contribution in [0.2, 0.25) is 0 Å². The van der Waals surface area contributed by atoms with Crippen LogP contribution in [0.15, 0.2) is 24.3 Å². The van der Waals surface area contributed by atoms with Gasteiger partial charge in [-0.25, -0.2) is 0 Å². The zero-order valence-corrected chi connectivity index (χ0v) is 13.6. The van der Waals surface area contributed by atoms with Crippen molar-refractivity contribution in [3.8, 4) is 0 Å². The van der Waals surface area contributed by atoms with Crippen LogP contribution in [0.25, 0.3) is 0 Å². The minimum absolute atomic E-state index is 0.111. The Labute approximate surface area is 128 Å². The lowest BCUT2D eigenvalue weighted by Gasteiger charge is -2.32. The van der Waals surface area contributed by atoms with E-state index in [1.54, 1.807) is 0 Å². The Morgan fingerprint density at radius 2 is 2.14 bits per heavy atom. The fourth-order valence-electron chi connectivity index (χ4n) is 3.03. The maximum Gasteiger partial charge on any atom is 0.238 e. The Morgan fingerprint density at radius 3 is 2.86 bits per heavy atom. The lowest BCUT2D eigenvalue weighted by Crippen LogP contribution is -2.42. The minimum Gasteiger partial charge on any atom is -0.325 e. The van der Waals surface area contributed by atoms with Crippen molar-refractivity contribution in [2.45, 2.75) is 58.4 Å². The summed E-state index contributed by atoms with van der Waals surface area (Å²) in [5, 5.41) is 3.11. The Balaban J connectivity index is 1.99. The second-order valence-electron chi connectivity index (χ2n) is 6.26. The first-order chi connectivity index (χ1) is 10.1. The summed E-state index contributed by atoms with van der Waals surface area (Å²) in [4.78, 5) is 14.6. The van der Waals surface area contributed by atoms with E-state index >= 15 is 0 Å². The maximum absolute atomic E-state index is 12.3. The van der Waals surface area contributed by atoms with E-state index in [1.165, 1.54) is 24.8 Å². The Kier molecular flexibility index (Phi) is 5.80. The largest absolute Gasteiger partial charge is 0.325 e. The molecule has 0 aliphatic carbocycles. The van der Waals surface area contributed by atoms with Crippen molar-refractivity contribution < 1.29 is 4.79 Å².